The second-order valence-corrected chi connectivity index (χ2v) is 6.87. The molecule has 0 aliphatic heterocycles. The fourth-order valence-electron chi connectivity index (χ4n) is 2.43. The Hall–Kier alpha value is -2.27. The van der Waals surface area contributed by atoms with Crippen molar-refractivity contribution in [3.63, 3.8) is 0 Å². The Bertz CT molecular complexity index is 714. The van der Waals surface area contributed by atoms with Crippen LogP contribution in [0.4, 0.5) is 5.69 Å². The van der Waals surface area contributed by atoms with Crippen LogP contribution in [-0.4, -0.2) is 30.4 Å². The number of carbonyl (C=O) groups is 2. The number of nitrogens with one attached hydrogen (secondary N) is 2. The summed E-state index contributed by atoms with van der Waals surface area (Å²) in [5.41, 5.74) is 4.17. The average molecular weight is 356 g/mol. The zero-order valence-corrected chi connectivity index (χ0v) is 15.5. The van der Waals surface area contributed by atoms with Crippen LogP contribution in [-0.2, 0) is 22.4 Å². The van der Waals surface area contributed by atoms with Gasteiger partial charge < -0.3 is 10.6 Å². The lowest BCUT2D eigenvalue weighted by Crippen LogP contribution is -2.36. The summed E-state index contributed by atoms with van der Waals surface area (Å²) in [6.45, 7) is 2.46. The Morgan fingerprint density at radius 2 is 1.72 bits per heavy atom. The first-order valence-corrected chi connectivity index (χ1v) is 9.70. The predicted molar refractivity (Wildman–Crippen MR) is 105 cm³/mol. The summed E-state index contributed by atoms with van der Waals surface area (Å²) in [6.07, 6.45) is 3.77. The Kier molecular flexibility index (Phi) is 7.54. The van der Waals surface area contributed by atoms with E-state index in [0.717, 1.165) is 17.7 Å². The average Bonchev–Trinajstić information content (AvgIpc) is 2.61. The topological polar surface area (TPSA) is 58.2 Å². The highest BCUT2D eigenvalue weighted by Crippen LogP contribution is 2.11. The van der Waals surface area contributed by atoms with Gasteiger partial charge in [0, 0.05) is 12.2 Å². The van der Waals surface area contributed by atoms with Gasteiger partial charge in [-0.15, -0.1) is 0 Å². The molecule has 2 aromatic carbocycles. The molecule has 0 aromatic heterocycles. The summed E-state index contributed by atoms with van der Waals surface area (Å²) in [5, 5.41) is 5.28. The Balaban J connectivity index is 1.77. The van der Waals surface area contributed by atoms with Gasteiger partial charge in [0.2, 0.25) is 0 Å². The Morgan fingerprint density at radius 3 is 2.40 bits per heavy atom. The predicted octanol–water partition coefficient (Wildman–Crippen LogP) is 3.20. The van der Waals surface area contributed by atoms with Crippen molar-refractivity contribution in [2.24, 2.45) is 0 Å². The third kappa shape index (κ3) is 6.63. The number of benzene rings is 2. The third-order valence-corrected chi connectivity index (χ3v) is 4.41. The molecule has 0 aliphatic rings. The number of carbonyl (C=O) groups excluding carboxylic acids is 2. The maximum atomic E-state index is 11.9. The number of thioether (sulfide) groups is 1. The van der Waals surface area contributed by atoms with E-state index in [0.29, 0.717) is 18.7 Å². The minimum absolute atomic E-state index is 0.434. The van der Waals surface area contributed by atoms with Crippen molar-refractivity contribution >= 4 is 29.3 Å². The van der Waals surface area contributed by atoms with Gasteiger partial charge in [0.1, 0.15) is 0 Å². The fraction of sp³-hybridized carbons (Fsp3) is 0.300. The van der Waals surface area contributed by atoms with Crippen molar-refractivity contribution in [2.75, 3.05) is 23.9 Å². The van der Waals surface area contributed by atoms with Crippen molar-refractivity contribution < 1.29 is 9.59 Å². The van der Waals surface area contributed by atoms with E-state index >= 15 is 0 Å². The summed E-state index contributed by atoms with van der Waals surface area (Å²) in [7, 11) is 0. The zero-order valence-electron chi connectivity index (χ0n) is 14.7. The van der Waals surface area contributed by atoms with Gasteiger partial charge >= 0.3 is 11.8 Å². The number of aryl methyl sites for hydroxylation is 2. The molecule has 132 valence electrons. The van der Waals surface area contributed by atoms with E-state index in [1.165, 1.54) is 11.1 Å². The van der Waals surface area contributed by atoms with E-state index in [-0.39, 0.29) is 0 Å². The van der Waals surface area contributed by atoms with E-state index in [4.69, 9.17) is 0 Å². The summed E-state index contributed by atoms with van der Waals surface area (Å²) in [6, 6.07) is 15.7. The van der Waals surface area contributed by atoms with E-state index < -0.39 is 11.8 Å². The maximum absolute atomic E-state index is 11.9. The summed E-state index contributed by atoms with van der Waals surface area (Å²) < 4.78 is 0. The number of amides is 2. The molecule has 0 spiro atoms. The van der Waals surface area contributed by atoms with Crippen molar-refractivity contribution in [3.8, 4) is 0 Å². The molecule has 5 heteroatoms. The Morgan fingerprint density at radius 1 is 0.960 bits per heavy atom. The first kappa shape index (κ1) is 19.1. The molecule has 0 saturated heterocycles. The van der Waals surface area contributed by atoms with Crippen molar-refractivity contribution in [1.29, 1.82) is 0 Å². The van der Waals surface area contributed by atoms with E-state index in [2.05, 4.69) is 23.0 Å². The minimum Gasteiger partial charge on any atom is -0.347 e. The second-order valence-electron chi connectivity index (χ2n) is 5.89. The molecule has 2 aromatic rings. The van der Waals surface area contributed by atoms with Crippen LogP contribution in [0.2, 0.25) is 0 Å². The third-order valence-electron chi connectivity index (χ3n) is 3.79. The van der Waals surface area contributed by atoms with Crippen LogP contribution in [0.3, 0.4) is 0 Å². The quantitative estimate of drug-likeness (QED) is 0.749. The molecular formula is C20H24N2O2S. The van der Waals surface area contributed by atoms with Crippen LogP contribution >= 0.6 is 11.8 Å². The monoisotopic (exact) mass is 356 g/mol. The molecule has 0 heterocycles. The van der Waals surface area contributed by atoms with Gasteiger partial charge in [-0.1, -0.05) is 42.0 Å². The smallest absolute Gasteiger partial charge is 0.313 e. The van der Waals surface area contributed by atoms with Gasteiger partial charge in [-0.05, 0) is 55.0 Å². The molecule has 0 fully saturated rings. The lowest BCUT2D eigenvalue weighted by Gasteiger charge is -2.08. The highest BCUT2D eigenvalue weighted by atomic mass is 32.2. The van der Waals surface area contributed by atoms with Crippen LogP contribution < -0.4 is 10.6 Å². The molecule has 0 bridgehead atoms. The molecule has 25 heavy (non-hydrogen) atoms. The van der Waals surface area contributed by atoms with Crippen LogP contribution in [0.25, 0.3) is 0 Å². The van der Waals surface area contributed by atoms with Crippen LogP contribution in [0, 0.1) is 6.92 Å². The highest BCUT2D eigenvalue weighted by molar-refractivity contribution is 7.98. The first-order valence-electron chi connectivity index (χ1n) is 8.31. The van der Waals surface area contributed by atoms with Gasteiger partial charge in [0.15, 0.2) is 0 Å². The molecular weight excluding hydrogens is 332 g/mol. The second kappa shape index (κ2) is 9.89. The van der Waals surface area contributed by atoms with Crippen molar-refractivity contribution in [3.05, 3.63) is 65.2 Å². The minimum atomic E-state index is -0.638. The molecule has 0 unspecified atom stereocenters. The largest absolute Gasteiger partial charge is 0.347 e. The lowest BCUT2D eigenvalue weighted by molar-refractivity contribution is -0.136. The molecule has 0 radical (unpaired) electrons. The molecule has 2 rings (SSSR count). The van der Waals surface area contributed by atoms with E-state index in [1.807, 2.05) is 49.4 Å². The molecule has 0 saturated carbocycles. The normalized spacial score (nSPS) is 10.3. The van der Waals surface area contributed by atoms with E-state index in [9.17, 15) is 9.59 Å². The molecule has 2 amide bonds. The first-order chi connectivity index (χ1) is 12.1. The molecule has 4 nitrogen and oxygen atoms in total. The zero-order chi connectivity index (χ0) is 18.1. The van der Waals surface area contributed by atoms with Gasteiger partial charge in [0.25, 0.3) is 0 Å². The number of anilines is 1. The summed E-state index contributed by atoms with van der Waals surface area (Å²) >= 11 is 1.80. The standard InChI is InChI=1S/C20H24N2O2S/c1-15-4-3-5-17(14-15)10-12-21-19(23)20(24)22-18-8-6-16(7-9-18)11-13-25-2/h3-9,14H,10-13H2,1-2H3,(H,21,23)(H,22,24). The van der Waals surface area contributed by atoms with Crippen molar-refractivity contribution in [1.82, 2.24) is 5.32 Å². The van der Waals surface area contributed by atoms with Crippen molar-refractivity contribution in [2.45, 2.75) is 19.8 Å². The number of hydrogen-bond acceptors (Lipinski definition) is 3. The fourth-order valence-corrected chi connectivity index (χ4v) is 2.87. The van der Waals surface area contributed by atoms with Crippen LogP contribution in [0.15, 0.2) is 48.5 Å². The number of hydrogen-bond donors (Lipinski definition) is 2. The van der Waals surface area contributed by atoms with Crippen LogP contribution in [0.1, 0.15) is 16.7 Å². The van der Waals surface area contributed by atoms with Crippen LogP contribution in [0.5, 0.6) is 0 Å². The lowest BCUT2D eigenvalue weighted by atomic mass is 10.1. The SMILES string of the molecule is CSCCc1ccc(NC(=O)C(=O)NCCc2cccc(C)c2)cc1. The maximum Gasteiger partial charge on any atom is 0.313 e. The highest BCUT2D eigenvalue weighted by Gasteiger charge is 2.13. The van der Waals surface area contributed by atoms with Gasteiger partial charge in [-0.2, -0.15) is 11.8 Å². The molecule has 0 atom stereocenters. The Labute approximate surface area is 153 Å². The summed E-state index contributed by atoms with van der Waals surface area (Å²) in [4.78, 5) is 23.8. The van der Waals surface area contributed by atoms with Gasteiger partial charge in [-0.25, -0.2) is 0 Å². The molecule has 0 aliphatic carbocycles. The summed E-state index contributed by atoms with van der Waals surface area (Å²) in [5.74, 6) is -0.185. The van der Waals surface area contributed by atoms with E-state index in [1.54, 1.807) is 11.8 Å². The van der Waals surface area contributed by atoms with Gasteiger partial charge in [0.05, 0.1) is 0 Å². The number of rotatable bonds is 7. The van der Waals surface area contributed by atoms with Gasteiger partial charge in [-0.3, -0.25) is 9.59 Å². The molecule has 2 N–H and O–H groups in total.